The number of rotatable bonds is 3. The molecule has 1 nitrogen and oxygen atoms in total. The average molecular weight is 373 g/mol. The third-order valence-electron chi connectivity index (χ3n) is 1.29. The summed E-state index contributed by atoms with van der Waals surface area (Å²) in [6.45, 7) is 0.135. The molecule has 1 aromatic carbocycles. The molecule has 1 aromatic rings. The predicted molar refractivity (Wildman–Crippen MR) is 66.0 cm³/mol. The van der Waals surface area contributed by atoms with Gasteiger partial charge in [-0.2, -0.15) is 0 Å². The maximum absolute atomic E-state index is 8.77. The van der Waals surface area contributed by atoms with E-state index in [0.717, 1.165) is 8.60 Å². The second-order valence-corrected chi connectivity index (χ2v) is 6.09. The zero-order valence-corrected chi connectivity index (χ0v) is 11.3. The van der Waals surface area contributed by atoms with Gasteiger partial charge in [0.1, 0.15) is 0 Å². The molecule has 4 heteroatoms. The Morgan fingerprint density at radius 3 is 2.62 bits per heavy atom. The van der Waals surface area contributed by atoms with E-state index in [1.807, 2.05) is 24.3 Å². The van der Waals surface area contributed by atoms with Gasteiger partial charge in [-0.3, -0.25) is 0 Å². The van der Waals surface area contributed by atoms with Crippen molar-refractivity contribution in [2.75, 3.05) is 6.61 Å². The van der Waals surface area contributed by atoms with E-state index >= 15 is 0 Å². The van der Waals surface area contributed by atoms with Crippen LogP contribution in [-0.4, -0.2) is 26.7 Å². The topological polar surface area (TPSA) is 20.2 Å². The summed E-state index contributed by atoms with van der Waals surface area (Å²) in [5.74, 6) is 0. The molecule has 0 aliphatic heterocycles. The van der Waals surface area contributed by atoms with Gasteiger partial charge in [0.2, 0.25) is 0 Å². The van der Waals surface area contributed by atoms with E-state index in [1.165, 1.54) is 4.46 Å². The standard InChI is InChI=1S/C9H8ClIOSe/c10-7-1-3-9(4-2-7)13-6-8(11)5-12/h1-4,6,12H,5H2/b8-6-. The summed E-state index contributed by atoms with van der Waals surface area (Å²) in [5.41, 5.74) is 0. The second-order valence-electron chi connectivity index (χ2n) is 2.29. The summed E-state index contributed by atoms with van der Waals surface area (Å²) >= 11 is 8.19. The Kier molecular flexibility index (Phi) is 5.36. The van der Waals surface area contributed by atoms with Gasteiger partial charge in [-0.05, 0) is 0 Å². The fourth-order valence-electron chi connectivity index (χ4n) is 0.682. The summed E-state index contributed by atoms with van der Waals surface area (Å²) in [5, 5.41) is 9.53. The summed E-state index contributed by atoms with van der Waals surface area (Å²) in [4.78, 5) is 2.07. The van der Waals surface area contributed by atoms with Crippen molar-refractivity contribution >= 4 is 53.6 Å². The van der Waals surface area contributed by atoms with E-state index in [0.29, 0.717) is 15.0 Å². The Morgan fingerprint density at radius 2 is 2.08 bits per heavy atom. The van der Waals surface area contributed by atoms with Crippen LogP contribution in [0.25, 0.3) is 0 Å². The normalized spacial score (nSPS) is 11.8. The monoisotopic (exact) mass is 374 g/mol. The van der Waals surface area contributed by atoms with Gasteiger partial charge in [0.25, 0.3) is 0 Å². The molecular formula is C9H8ClIOSe. The van der Waals surface area contributed by atoms with Crippen molar-refractivity contribution in [2.24, 2.45) is 0 Å². The molecule has 0 aliphatic carbocycles. The van der Waals surface area contributed by atoms with Crippen LogP contribution in [0.4, 0.5) is 0 Å². The summed E-state index contributed by atoms with van der Waals surface area (Å²) in [6, 6.07) is 7.80. The van der Waals surface area contributed by atoms with Crippen molar-refractivity contribution in [3.05, 3.63) is 37.8 Å². The van der Waals surface area contributed by atoms with E-state index in [2.05, 4.69) is 27.6 Å². The molecule has 1 rings (SSSR count). The van der Waals surface area contributed by atoms with Gasteiger partial charge in [0.05, 0.1) is 0 Å². The first-order chi connectivity index (χ1) is 6.22. The predicted octanol–water partition coefficient (Wildman–Crippen LogP) is 1.94. The molecule has 0 atom stereocenters. The van der Waals surface area contributed by atoms with E-state index in [-0.39, 0.29) is 6.61 Å². The van der Waals surface area contributed by atoms with Crippen LogP contribution in [0.1, 0.15) is 0 Å². The number of benzene rings is 1. The molecule has 13 heavy (non-hydrogen) atoms. The number of aliphatic hydroxyl groups is 1. The first-order valence-corrected chi connectivity index (χ1v) is 6.90. The van der Waals surface area contributed by atoms with E-state index in [1.54, 1.807) is 0 Å². The summed E-state index contributed by atoms with van der Waals surface area (Å²) in [6.07, 6.45) is 0. The van der Waals surface area contributed by atoms with E-state index in [9.17, 15) is 0 Å². The number of hydrogen-bond donors (Lipinski definition) is 1. The Morgan fingerprint density at radius 1 is 1.46 bits per heavy atom. The Bertz CT molecular complexity index is 297. The van der Waals surface area contributed by atoms with Crippen LogP contribution in [0.2, 0.25) is 5.02 Å². The molecule has 0 aliphatic rings. The molecule has 0 fully saturated rings. The SMILES string of the molecule is OC/C(I)=C/[Se]c1ccc(Cl)cc1. The molecule has 1 N–H and O–H groups in total. The number of hydrogen-bond acceptors (Lipinski definition) is 1. The van der Waals surface area contributed by atoms with Gasteiger partial charge in [0.15, 0.2) is 0 Å². The molecule has 0 radical (unpaired) electrons. The van der Waals surface area contributed by atoms with Gasteiger partial charge >= 0.3 is 103 Å². The second kappa shape index (κ2) is 6.04. The molecule has 0 spiro atoms. The molecular weight excluding hydrogens is 365 g/mol. The van der Waals surface area contributed by atoms with Gasteiger partial charge < -0.3 is 0 Å². The minimum absolute atomic E-state index is 0.135. The number of aliphatic hydroxyl groups excluding tert-OH is 1. The van der Waals surface area contributed by atoms with E-state index < -0.39 is 0 Å². The van der Waals surface area contributed by atoms with Crippen molar-refractivity contribution in [1.82, 2.24) is 0 Å². The average Bonchev–Trinajstić information content (AvgIpc) is 2.16. The summed E-state index contributed by atoms with van der Waals surface area (Å²) in [7, 11) is 0. The number of halogens is 2. The fourth-order valence-corrected chi connectivity index (χ4v) is 2.79. The van der Waals surface area contributed by atoms with Gasteiger partial charge in [-0.25, -0.2) is 0 Å². The Labute approximate surface area is 102 Å². The first-order valence-electron chi connectivity index (χ1n) is 3.60. The first kappa shape index (κ1) is 11.5. The van der Waals surface area contributed by atoms with Crippen molar-refractivity contribution in [3.63, 3.8) is 0 Å². The van der Waals surface area contributed by atoms with Crippen molar-refractivity contribution < 1.29 is 5.11 Å². The molecule has 70 valence electrons. The minimum atomic E-state index is 0.135. The maximum atomic E-state index is 8.77. The molecule has 0 saturated heterocycles. The van der Waals surface area contributed by atoms with Crippen molar-refractivity contribution in [2.45, 2.75) is 0 Å². The van der Waals surface area contributed by atoms with Crippen LogP contribution in [-0.2, 0) is 0 Å². The molecule has 0 saturated carbocycles. The third-order valence-corrected chi connectivity index (χ3v) is 5.13. The van der Waals surface area contributed by atoms with Crippen LogP contribution < -0.4 is 4.46 Å². The third kappa shape index (κ3) is 4.47. The molecule has 0 unspecified atom stereocenters. The quantitative estimate of drug-likeness (QED) is 0.634. The van der Waals surface area contributed by atoms with Crippen molar-refractivity contribution in [3.8, 4) is 0 Å². The van der Waals surface area contributed by atoms with E-state index in [4.69, 9.17) is 16.7 Å². The molecule has 0 amide bonds. The van der Waals surface area contributed by atoms with Gasteiger partial charge in [0, 0.05) is 0 Å². The fraction of sp³-hybridized carbons (Fsp3) is 0.111. The van der Waals surface area contributed by atoms with Gasteiger partial charge in [-0.1, -0.05) is 0 Å². The Hall–Kier alpha value is 0.459. The van der Waals surface area contributed by atoms with Gasteiger partial charge in [-0.15, -0.1) is 0 Å². The Balaban J connectivity index is 2.60. The zero-order valence-electron chi connectivity index (χ0n) is 6.71. The molecule has 0 aromatic heterocycles. The van der Waals surface area contributed by atoms with Crippen LogP contribution in [0.15, 0.2) is 32.8 Å². The molecule has 0 heterocycles. The van der Waals surface area contributed by atoms with Crippen LogP contribution >= 0.6 is 34.2 Å². The zero-order chi connectivity index (χ0) is 9.68. The summed E-state index contributed by atoms with van der Waals surface area (Å²) < 4.78 is 2.26. The van der Waals surface area contributed by atoms with Crippen molar-refractivity contribution in [1.29, 1.82) is 0 Å². The van der Waals surface area contributed by atoms with Crippen LogP contribution in [0.3, 0.4) is 0 Å². The van der Waals surface area contributed by atoms with Crippen LogP contribution in [0.5, 0.6) is 0 Å². The molecule has 0 bridgehead atoms. The van der Waals surface area contributed by atoms with Crippen LogP contribution in [0, 0.1) is 0 Å².